The van der Waals surface area contributed by atoms with Crippen molar-refractivity contribution in [3.8, 4) is 5.69 Å². The van der Waals surface area contributed by atoms with Crippen LogP contribution < -0.4 is 0 Å². The molecule has 1 aromatic heterocycles. The molecule has 2 aromatic rings. The van der Waals surface area contributed by atoms with Crippen LogP contribution in [-0.4, -0.2) is 92.4 Å². The second kappa shape index (κ2) is 9.86. The normalized spacial score (nSPS) is 21.9. The lowest BCUT2D eigenvalue weighted by molar-refractivity contribution is -0.139. The summed E-state index contributed by atoms with van der Waals surface area (Å²) in [6.07, 6.45) is 6.56. The Balaban J connectivity index is 1.08. The van der Waals surface area contributed by atoms with Gasteiger partial charge >= 0.3 is 5.97 Å². The molecule has 2 unspecified atom stereocenters. The number of piperazine rings is 1. The average Bonchev–Trinajstić information content (AvgIpc) is 3.40. The van der Waals surface area contributed by atoms with Gasteiger partial charge < -0.3 is 14.7 Å². The monoisotopic (exact) mass is 464 g/mol. The third kappa shape index (κ3) is 4.92. The van der Waals surface area contributed by atoms with Crippen molar-refractivity contribution >= 4 is 11.9 Å². The summed E-state index contributed by atoms with van der Waals surface area (Å²) in [4.78, 5) is 28.7. The summed E-state index contributed by atoms with van der Waals surface area (Å²) in [7, 11) is 0. The molecule has 3 heterocycles. The highest BCUT2D eigenvalue weighted by atomic mass is 16.5. The van der Waals surface area contributed by atoms with Crippen molar-refractivity contribution in [3.63, 3.8) is 0 Å². The number of hydrogen-bond acceptors (Lipinski definition) is 8. The highest BCUT2D eigenvalue weighted by Gasteiger charge is 2.30. The Morgan fingerprint density at radius 1 is 1.18 bits per heavy atom. The number of esters is 1. The predicted molar refractivity (Wildman–Crippen MR) is 122 cm³/mol. The first-order chi connectivity index (χ1) is 16.6. The summed E-state index contributed by atoms with van der Waals surface area (Å²) < 4.78 is 6.66. The number of aliphatic hydroxyl groups is 1. The van der Waals surface area contributed by atoms with Crippen molar-refractivity contribution in [3.05, 3.63) is 59.5 Å². The topological polar surface area (TPSA) is 114 Å². The van der Waals surface area contributed by atoms with Crippen LogP contribution in [0.5, 0.6) is 0 Å². The highest BCUT2D eigenvalue weighted by Crippen LogP contribution is 2.31. The van der Waals surface area contributed by atoms with E-state index < -0.39 is 6.10 Å². The van der Waals surface area contributed by atoms with E-state index in [4.69, 9.17) is 4.74 Å². The molecule has 1 fully saturated rings. The van der Waals surface area contributed by atoms with Gasteiger partial charge in [0.25, 0.3) is 0 Å². The average molecular weight is 465 g/mol. The second-order valence-corrected chi connectivity index (χ2v) is 8.98. The standard InChI is InChI=1S/C24H28N6O4/c31-22(19-3-6-21-18(14-19)7-12-34-24(21)33)15-28-8-10-29(11-9-28)23(32)13-17-1-4-20(5-2-17)30-16-25-26-27-30/h1-6,16,19,22,31H,7-15H2. The summed E-state index contributed by atoms with van der Waals surface area (Å²) >= 11 is 0. The van der Waals surface area contributed by atoms with Gasteiger partial charge in [0.05, 0.1) is 30.4 Å². The van der Waals surface area contributed by atoms with Crippen LogP contribution in [0.3, 0.4) is 0 Å². The van der Waals surface area contributed by atoms with Crippen LogP contribution in [0.4, 0.5) is 0 Å². The van der Waals surface area contributed by atoms with E-state index in [2.05, 4.69) is 20.4 Å². The van der Waals surface area contributed by atoms with Crippen LogP contribution in [-0.2, 0) is 20.7 Å². The SMILES string of the molecule is O=C1OCCC2=C1C=CC(C(O)CN1CCN(C(=O)Cc3ccc(-n4cnnn4)cc3)CC1)C2. The molecule has 10 nitrogen and oxygen atoms in total. The van der Waals surface area contributed by atoms with E-state index >= 15 is 0 Å². The Morgan fingerprint density at radius 2 is 1.97 bits per heavy atom. The number of carbonyl (C=O) groups excluding carboxylic acids is 2. The molecule has 10 heteroatoms. The number of ether oxygens (including phenoxy) is 1. The Hall–Kier alpha value is -3.37. The number of β-amino-alcohol motifs (C(OH)–C–C–N with tert-alkyl or cyclic N) is 1. The fourth-order valence-electron chi connectivity index (χ4n) is 4.77. The Bertz CT molecular complexity index is 1090. The summed E-state index contributed by atoms with van der Waals surface area (Å²) in [5, 5.41) is 21.9. The fraction of sp³-hybridized carbons (Fsp3) is 0.458. The Kier molecular flexibility index (Phi) is 6.50. The molecule has 0 bridgehead atoms. The molecule has 5 rings (SSSR count). The maximum Gasteiger partial charge on any atom is 0.338 e. The maximum atomic E-state index is 12.8. The minimum atomic E-state index is -0.510. The zero-order valence-corrected chi connectivity index (χ0v) is 18.9. The molecule has 1 saturated heterocycles. The van der Waals surface area contributed by atoms with Gasteiger partial charge in [-0.25, -0.2) is 9.48 Å². The predicted octanol–water partition coefficient (Wildman–Crippen LogP) is 0.530. The lowest BCUT2D eigenvalue weighted by Crippen LogP contribution is -2.51. The number of aliphatic hydroxyl groups excluding tert-OH is 1. The smallest absolute Gasteiger partial charge is 0.338 e. The molecule has 34 heavy (non-hydrogen) atoms. The van der Waals surface area contributed by atoms with Crippen LogP contribution in [0.15, 0.2) is 53.9 Å². The number of carbonyl (C=O) groups is 2. The first-order valence-corrected chi connectivity index (χ1v) is 11.6. The molecule has 2 aliphatic heterocycles. The summed E-state index contributed by atoms with van der Waals surface area (Å²) in [5.74, 6) is -0.149. The van der Waals surface area contributed by atoms with E-state index in [1.54, 1.807) is 10.8 Å². The third-order valence-corrected chi connectivity index (χ3v) is 6.80. The van der Waals surface area contributed by atoms with E-state index in [0.29, 0.717) is 44.7 Å². The fourth-order valence-corrected chi connectivity index (χ4v) is 4.77. The lowest BCUT2D eigenvalue weighted by Gasteiger charge is -2.37. The minimum absolute atomic E-state index is 0.000543. The molecule has 0 radical (unpaired) electrons. The lowest BCUT2D eigenvalue weighted by atomic mass is 9.84. The molecular formula is C24H28N6O4. The van der Waals surface area contributed by atoms with Gasteiger partial charge in [-0.15, -0.1) is 5.10 Å². The quantitative estimate of drug-likeness (QED) is 0.616. The summed E-state index contributed by atoms with van der Waals surface area (Å²) in [6.45, 7) is 3.75. The van der Waals surface area contributed by atoms with Crippen molar-refractivity contribution in [1.29, 1.82) is 0 Å². The van der Waals surface area contributed by atoms with Gasteiger partial charge in [-0.1, -0.05) is 29.9 Å². The van der Waals surface area contributed by atoms with Gasteiger partial charge in [-0.3, -0.25) is 9.69 Å². The van der Waals surface area contributed by atoms with Crippen molar-refractivity contribution in [1.82, 2.24) is 30.0 Å². The largest absolute Gasteiger partial charge is 0.462 e. The van der Waals surface area contributed by atoms with Gasteiger partial charge in [0, 0.05) is 45.1 Å². The van der Waals surface area contributed by atoms with E-state index in [1.807, 2.05) is 35.2 Å². The van der Waals surface area contributed by atoms with E-state index in [9.17, 15) is 14.7 Å². The third-order valence-electron chi connectivity index (χ3n) is 6.80. The van der Waals surface area contributed by atoms with E-state index in [1.165, 1.54) is 6.33 Å². The Morgan fingerprint density at radius 3 is 2.71 bits per heavy atom. The van der Waals surface area contributed by atoms with E-state index in [-0.39, 0.29) is 17.8 Å². The minimum Gasteiger partial charge on any atom is -0.462 e. The molecule has 1 N–H and O–H groups in total. The summed E-state index contributed by atoms with van der Waals surface area (Å²) in [6, 6.07) is 7.64. The first-order valence-electron chi connectivity index (χ1n) is 11.6. The maximum absolute atomic E-state index is 12.8. The van der Waals surface area contributed by atoms with Gasteiger partial charge in [0.2, 0.25) is 5.91 Å². The first kappa shape index (κ1) is 22.4. The number of tetrazole rings is 1. The molecule has 1 aromatic carbocycles. The van der Waals surface area contributed by atoms with Crippen LogP contribution >= 0.6 is 0 Å². The van der Waals surface area contributed by atoms with Gasteiger partial charge in [0.1, 0.15) is 6.33 Å². The van der Waals surface area contributed by atoms with Crippen LogP contribution in [0.1, 0.15) is 18.4 Å². The van der Waals surface area contributed by atoms with Crippen molar-refractivity contribution < 1.29 is 19.4 Å². The molecule has 3 aliphatic rings. The molecular weight excluding hydrogens is 436 g/mol. The molecule has 178 valence electrons. The van der Waals surface area contributed by atoms with Gasteiger partial charge in [0.15, 0.2) is 0 Å². The number of hydrogen-bond donors (Lipinski definition) is 1. The zero-order chi connectivity index (χ0) is 23.5. The van der Waals surface area contributed by atoms with Crippen LogP contribution in [0.25, 0.3) is 5.69 Å². The van der Waals surface area contributed by atoms with Crippen LogP contribution in [0, 0.1) is 5.92 Å². The molecule has 1 amide bonds. The molecule has 0 saturated carbocycles. The number of benzene rings is 1. The van der Waals surface area contributed by atoms with Crippen molar-refractivity contribution in [2.75, 3.05) is 39.3 Å². The second-order valence-electron chi connectivity index (χ2n) is 8.98. The number of cyclic esters (lactones) is 1. The summed E-state index contributed by atoms with van der Waals surface area (Å²) in [5.41, 5.74) is 3.54. The Labute approximate surface area is 197 Å². The van der Waals surface area contributed by atoms with Crippen LogP contribution in [0.2, 0.25) is 0 Å². The van der Waals surface area contributed by atoms with Crippen molar-refractivity contribution in [2.45, 2.75) is 25.4 Å². The van der Waals surface area contributed by atoms with Gasteiger partial charge in [-0.2, -0.15) is 0 Å². The van der Waals surface area contributed by atoms with Crippen molar-refractivity contribution in [2.24, 2.45) is 5.92 Å². The number of nitrogens with zero attached hydrogens (tertiary/aromatic N) is 6. The van der Waals surface area contributed by atoms with E-state index in [0.717, 1.165) is 36.3 Å². The zero-order valence-electron chi connectivity index (χ0n) is 18.9. The number of rotatable bonds is 6. The molecule has 0 spiro atoms. The number of amides is 1. The van der Waals surface area contributed by atoms with Gasteiger partial charge in [-0.05, 0) is 34.5 Å². The highest BCUT2D eigenvalue weighted by molar-refractivity contribution is 5.93. The number of aromatic nitrogens is 4. The molecule has 1 aliphatic carbocycles. The molecule has 2 atom stereocenters.